The van der Waals surface area contributed by atoms with Crippen molar-refractivity contribution in [3.05, 3.63) is 130 Å². The van der Waals surface area contributed by atoms with Gasteiger partial charge in [-0.2, -0.15) is 8.42 Å². The summed E-state index contributed by atoms with van der Waals surface area (Å²) in [6.07, 6.45) is 6.63. The first-order valence-electron chi connectivity index (χ1n) is 21.3. The number of oxime groups is 1. The zero-order valence-corrected chi connectivity index (χ0v) is 41.3. The predicted molar refractivity (Wildman–Crippen MR) is 252 cm³/mol. The number of thioether (sulfide) groups is 2. The number of primary amides is 1. The molecule has 73 heavy (non-hydrogen) atoms. The molecule has 7 heterocycles. The second-order valence-electron chi connectivity index (χ2n) is 16.6. The fourth-order valence-electron chi connectivity index (χ4n) is 7.62. The number of pyridine rings is 2. The van der Waals surface area contributed by atoms with Gasteiger partial charge in [0, 0.05) is 52.3 Å². The minimum absolute atomic E-state index is 0.00871. The number of anilines is 1. The summed E-state index contributed by atoms with van der Waals surface area (Å²) in [5, 5.41) is 39.9. The summed E-state index contributed by atoms with van der Waals surface area (Å²) in [5.41, 5.74) is 9.36. The lowest BCUT2D eigenvalue weighted by molar-refractivity contribution is -0.689. The maximum absolute atomic E-state index is 13.1. The number of benzene rings is 1. The quantitative estimate of drug-likeness (QED) is 0.0199. The number of nitrogen functional groups attached to an aromatic ring is 1. The molecular weight excluding hydrogens is 1040 g/mol. The zero-order chi connectivity index (χ0) is 53.1. The Labute approximate surface area is 426 Å². The maximum atomic E-state index is 13.1. The van der Waals surface area contributed by atoms with Crippen LogP contribution in [0.3, 0.4) is 0 Å². The van der Waals surface area contributed by atoms with Crippen molar-refractivity contribution in [3.63, 3.8) is 0 Å². The molecule has 5 amide bonds. The van der Waals surface area contributed by atoms with Crippen LogP contribution in [0.5, 0.6) is 0 Å². The predicted octanol–water partition coefficient (Wildman–Crippen LogP) is -3.19. The number of aliphatic carboxylic acids is 3. The molecule has 3 aromatic heterocycles. The van der Waals surface area contributed by atoms with Crippen LogP contribution in [0.25, 0.3) is 0 Å². The number of carbonyl (C=O) groups excluding carboxylic acids is 7. The van der Waals surface area contributed by atoms with Gasteiger partial charge in [-0.3, -0.25) is 38.3 Å². The largest absolute Gasteiger partial charge is 0.543 e. The molecule has 1 unspecified atom stereocenters. The minimum atomic E-state index is -4.86. The Morgan fingerprint density at radius 3 is 1.82 bits per heavy atom. The van der Waals surface area contributed by atoms with E-state index in [4.69, 9.17) is 16.3 Å². The average Bonchev–Trinajstić information content (AvgIpc) is 3.77. The molecule has 1 aromatic carbocycles. The lowest BCUT2D eigenvalue weighted by Gasteiger charge is -2.50. The van der Waals surface area contributed by atoms with Crippen LogP contribution < -0.4 is 41.4 Å². The molecule has 25 nitrogen and oxygen atoms in total. The van der Waals surface area contributed by atoms with E-state index >= 15 is 0 Å². The number of nitrogens with zero attached hydrogens (tertiary/aromatic N) is 6. The molecule has 8 rings (SSSR count). The molecule has 4 aromatic rings. The third kappa shape index (κ3) is 11.5. The van der Waals surface area contributed by atoms with E-state index in [1.165, 1.54) is 91.5 Å². The number of aromatic nitrogens is 3. The first-order chi connectivity index (χ1) is 34.5. The molecule has 2 saturated heterocycles. The number of hydrogen-bond acceptors (Lipinski definition) is 19. The van der Waals surface area contributed by atoms with Gasteiger partial charge in [0.15, 0.2) is 54.0 Å². The molecule has 4 aliphatic rings. The second-order valence-corrected chi connectivity index (χ2v) is 21.2. The van der Waals surface area contributed by atoms with Crippen molar-refractivity contribution in [3.8, 4) is 0 Å². The number of amides is 5. The van der Waals surface area contributed by atoms with Crippen LogP contribution in [0, 0.1) is 0 Å². The highest BCUT2D eigenvalue weighted by Gasteiger charge is 2.55. The number of carboxylic acids is 3. The van der Waals surface area contributed by atoms with Crippen LogP contribution in [-0.2, 0) is 61.6 Å². The van der Waals surface area contributed by atoms with Crippen molar-refractivity contribution in [2.75, 3.05) is 17.2 Å². The number of nitrogens with one attached hydrogen (secondary N) is 2. The van der Waals surface area contributed by atoms with Gasteiger partial charge in [0.05, 0.1) is 28.9 Å². The van der Waals surface area contributed by atoms with Crippen molar-refractivity contribution in [1.29, 1.82) is 0 Å². The number of rotatable bonds is 17. The topological polar surface area (TPSA) is 382 Å². The Hall–Kier alpha value is -7.73. The minimum Gasteiger partial charge on any atom is -0.543 e. The van der Waals surface area contributed by atoms with Gasteiger partial charge in [0.2, 0.25) is 17.4 Å². The molecule has 0 saturated carbocycles. The summed E-state index contributed by atoms with van der Waals surface area (Å²) < 4.78 is 36.8. The number of nitrogens with two attached hydrogens (primary N) is 2. The van der Waals surface area contributed by atoms with Gasteiger partial charge >= 0.3 is 5.97 Å². The van der Waals surface area contributed by atoms with E-state index in [-0.39, 0.29) is 57.9 Å². The highest BCUT2D eigenvalue weighted by Crippen LogP contribution is 2.42. The standard InChI is InChI=1S/C22H22N6O7S2.C22H20N4O8S2/c1-22(2,20(33)34)35-26-13(12-10-37-21(23)24-12)16(29)25-14-17(30)28-15(19(31)32)11(9-36-18(14)28)8-27-6-4-3-5-7-27;23-18(27)13-6-8-25(9-7-13)10-14-11-35-21-15(20(29)26(21)16(14)22(30)31)24-19(28)17(36(32,33)34)12-4-2-1-3-5-12/h3-7,10,14,18H,8-9H2,1-2H3,(H4-,23,24,25,29,31,32,33,34);1-9,15,17,21H,10-11H2,(H4-,23,24,27,28,30,31,32,33,34)/b26-13-;/t14-,18-;15-,17?,21-/m11/s1. The van der Waals surface area contributed by atoms with Gasteiger partial charge in [-0.1, -0.05) is 41.6 Å². The molecule has 0 bridgehead atoms. The number of fused-ring (bicyclic) bond motifs is 2. The van der Waals surface area contributed by atoms with Gasteiger partial charge in [0.1, 0.15) is 28.5 Å². The lowest BCUT2D eigenvalue weighted by Crippen LogP contribution is -2.71. The molecule has 2 fully saturated rings. The monoisotopic (exact) mass is 1080 g/mol. The summed E-state index contributed by atoms with van der Waals surface area (Å²) in [6, 6.07) is 13.4. The molecule has 8 N–H and O–H groups in total. The van der Waals surface area contributed by atoms with Gasteiger partial charge in [-0.15, -0.1) is 34.9 Å². The van der Waals surface area contributed by atoms with E-state index in [9.17, 15) is 66.6 Å². The number of thiazole rings is 1. The van der Waals surface area contributed by atoms with Gasteiger partial charge < -0.3 is 51.8 Å². The van der Waals surface area contributed by atoms with Crippen LogP contribution in [0.15, 0.2) is 119 Å². The summed E-state index contributed by atoms with van der Waals surface area (Å²) in [6.45, 7) is 2.83. The molecule has 382 valence electrons. The molecule has 5 atom stereocenters. The summed E-state index contributed by atoms with van der Waals surface area (Å²) in [4.78, 5) is 109. The van der Waals surface area contributed by atoms with Crippen LogP contribution in [0.1, 0.15) is 40.7 Å². The molecule has 0 radical (unpaired) electrons. The first-order valence-corrected chi connectivity index (χ1v) is 25.8. The van der Waals surface area contributed by atoms with Crippen molar-refractivity contribution in [2.24, 2.45) is 10.9 Å². The number of carboxylic acid groups (broad SMARTS) is 3. The number of β-lactam (4-membered cyclic amide) rings is 2. The summed E-state index contributed by atoms with van der Waals surface area (Å²) in [5.74, 6) is -7.90. The Morgan fingerprint density at radius 1 is 0.849 bits per heavy atom. The van der Waals surface area contributed by atoms with Crippen LogP contribution in [0.4, 0.5) is 5.13 Å². The van der Waals surface area contributed by atoms with Gasteiger partial charge in [-0.05, 0) is 19.4 Å². The van der Waals surface area contributed by atoms with Crippen LogP contribution in [0.2, 0.25) is 0 Å². The Bertz CT molecular complexity index is 3120. The summed E-state index contributed by atoms with van der Waals surface area (Å²) >= 11 is 3.50. The average molecular weight is 1080 g/mol. The van der Waals surface area contributed by atoms with Crippen molar-refractivity contribution in [1.82, 2.24) is 25.4 Å². The Morgan fingerprint density at radius 2 is 1.36 bits per heavy atom. The van der Waals surface area contributed by atoms with E-state index in [0.29, 0.717) is 16.9 Å². The highest BCUT2D eigenvalue weighted by atomic mass is 32.2. The Kier molecular flexibility index (Phi) is 15.7. The van der Waals surface area contributed by atoms with Gasteiger partial charge in [-0.25, -0.2) is 18.9 Å². The van der Waals surface area contributed by atoms with E-state index < -0.39 is 91.2 Å². The first kappa shape index (κ1) is 53.1. The summed E-state index contributed by atoms with van der Waals surface area (Å²) in [7, 11) is -4.86. The lowest BCUT2D eigenvalue weighted by atomic mass is 10.0. The third-order valence-electron chi connectivity index (χ3n) is 11.3. The van der Waals surface area contributed by atoms with E-state index in [2.05, 4.69) is 20.8 Å². The molecule has 0 aliphatic carbocycles. The van der Waals surface area contributed by atoms with E-state index in [1.54, 1.807) is 39.7 Å². The molecule has 0 spiro atoms. The van der Waals surface area contributed by atoms with Gasteiger partial charge in [0.25, 0.3) is 27.8 Å². The molecule has 29 heteroatoms. The van der Waals surface area contributed by atoms with Crippen molar-refractivity contribution < 1.29 is 80.6 Å². The molecule has 4 aliphatic heterocycles. The third-order valence-corrected chi connectivity index (χ3v) is 15.7. The second kappa shape index (κ2) is 21.5. The SMILES string of the molecule is CC(C)(O/N=C(\C(=O)N[C@@H]1C(=O)N2C(C(=O)[O-])=C(C[n+]3ccccc3)CS[C@H]12)c1csc(N)n1)C(=O)O.NC(=O)c1cc[n+](CC2=C(C(=O)[O-])N3C(=O)[C@@H](NC(=O)C(c4ccccc4)S(=O)(=O)O)[C@H]3SC2)cc1. The van der Waals surface area contributed by atoms with Crippen molar-refractivity contribution >= 4 is 103 Å². The normalized spacial score (nSPS) is 20.0. The smallest absolute Gasteiger partial charge is 0.350 e. The highest BCUT2D eigenvalue weighted by molar-refractivity contribution is 8.00. The molecular formula is C44H42N10O15S4. The maximum Gasteiger partial charge on any atom is 0.350 e. The van der Waals surface area contributed by atoms with E-state index in [1.807, 2.05) is 6.07 Å². The van der Waals surface area contributed by atoms with Crippen LogP contribution >= 0.6 is 34.9 Å². The number of hydrogen-bond donors (Lipinski definition) is 6. The number of carbonyl (C=O) groups is 8. The fourth-order valence-corrected chi connectivity index (χ4v) is 11.7. The van der Waals surface area contributed by atoms with E-state index in [0.717, 1.165) is 21.1 Å². The zero-order valence-electron chi connectivity index (χ0n) is 38.0. The van der Waals surface area contributed by atoms with Crippen LogP contribution in [-0.4, -0.2) is 126 Å². The van der Waals surface area contributed by atoms with Crippen molar-refractivity contribution in [2.45, 2.75) is 60.6 Å². The fraction of sp³-hybridized carbons (Fsp3) is 0.273. The Balaban J connectivity index is 0.000000214.